The molecule has 0 saturated carbocycles. The Hall–Kier alpha value is -5.98. The van der Waals surface area contributed by atoms with Crippen LogP contribution in [0.1, 0.15) is 40.3 Å². The molecule has 0 bridgehead atoms. The molecule has 0 radical (unpaired) electrons. The van der Waals surface area contributed by atoms with E-state index in [1.807, 2.05) is 0 Å². The molecule has 10 rings (SSSR count). The molecular weight excluding hydrogens is 589 g/mol. The fourth-order valence-corrected chi connectivity index (χ4v) is 9.26. The Labute approximate surface area is 287 Å². The summed E-state index contributed by atoms with van der Waals surface area (Å²) in [5, 5.41) is 5.19. The highest BCUT2D eigenvalue weighted by atomic mass is 14.5. The summed E-state index contributed by atoms with van der Waals surface area (Å²) in [7, 11) is 0. The fraction of sp³-hybridized carbons (Fsp3) is 0.0612. The molecule has 0 fully saturated rings. The van der Waals surface area contributed by atoms with E-state index in [2.05, 4.69) is 184 Å². The molecule has 49 heavy (non-hydrogen) atoms. The minimum absolute atomic E-state index is 0.565. The molecule has 2 aliphatic rings. The normalized spacial score (nSPS) is 13.6. The van der Waals surface area contributed by atoms with E-state index in [9.17, 15) is 0 Å². The molecular formula is C49H34. The molecule has 2 aliphatic carbocycles. The van der Waals surface area contributed by atoms with Crippen LogP contribution in [-0.4, -0.2) is 0 Å². The standard InChI is InChI=1S/C49H34/c1-3-16-32-31(2)33-17-4-5-18-34(33)43-30-48-44(29-42(32)43)38-22-9-7-20-36(38)35-19-6-8-21-37(35)39-23-10-13-26-45(39)49(48)46-27-14-11-24-40(46)41-25-12-15-28-47(41)49/h3-30H,1-2H3. The predicted molar refractivity (Wildman–Crippen MR) is 208 cm³/mol. The van der Waals surface area contributed by atoms with Crippen molar-refractivity contribution in [3.63, 3.8) is 0 Å². The van der Waals surface area contributed by atoms with Crippen molar-refractivity contribution in [2.75, 3.05) is 0 Å². The van der Waals surface area contributed by atoms with Crippen molar-refractivity contribution in [1.82, 2.24) is 0 Å². The van der Waals surface area contributed by atoms with Crippen LogP contribution in [0.4, 0.5) is 0 Å². The molecule has 0 heterocycles. The Balaban J connectivity index is 1.53. The summed E-state index contributed by atoms with van der Waals surface area (Å²) < 4.78 is 0. The summed E-state index contributed by atoms with van der Waals surface area (Å²) >= 11 is 0. The lowest BCUT2D eigenvalue weighted by Crippen LogP contribution is -2.30. The molecule has 0 unspecified atom stereocenters. The average molecular weight is 623 g/mol. The van der Waals surface area contributed by atoms with E-state index in [1.54, 1.807) is 0 Å². The summed E-state index contributed by atoms with van der Waals surface area (Å²) in [6.07, 6.45) is 4.49. The zero-order valence-electron chi connectivity index (χ0n) is 27.7. The predicted octanol–water partition coefficient (Wildman–Crippen LogP) is 13.0. The summed E-state index contributed by atoms with van der Waals surface area (Å²) in [5.74, 6) is 0. The Kier molecular flexibility index (Phi) is 6.02. The van der Waals surface area contributed by atoms with E-state index in [1.165, 1.54) is 99.4 Å². The quantitative estimate of drug-likeness (QED) is 0.160. The second-order valence-electron chi connectivity index (χ2n) is 13.5. The van der Waals surface area contributed by atoms with Crippen molar-refractivity contribution in [2.24, 2.45) is 0 Å². The zero-order chi connectivity index (χ0) is 32.7. The van der Waals surface area contributed by atoms with Crippen LogP contribution in [0, 0.1) is 6.92 Å². The van der Waals surface area contributed by atoms with Crippen molar-refractivity contribution >= 4 is 27.6 Å². The summed E-state index contributed by atoms with van der Waals surface area (Å²) in [4.78, 5) is 0. The van der Waals surface area contributed by atoms with Crippen LogP contribution in [0.15, 0.2) is 164 Å². The van der Waals surface area contributed by atoms with Crippen LogP contribution in [0.3, 0.4) is 0 Å². The van der Waals surface area contributed by atoms with E-state index in [4.69, 9.17) is 0 Å². The lowest BCUT2D eigenvalue weighted by Gasteiger charge is -2.37. The summed E-state index contributed by atoms with van der Waals surface area (Å²) in [5.41, 5.74) is 17.6. The van der Waals surface area contributed by atoms with Crippen molar-refractivity contribution in [1.29, 1.82) is 0 Å². The minimum atomic E-state index is -0.565. The summed E-state index contributed by atoms with van der Waals surface area (Å²) in [6.45, 7) is 4.41. The minimum Gasteiger partial charge on any atom is -0.0870 e. The van der Waals surface area contributed by atoms with E-state index in [0.717, 1.165) is 0 Å². The molecule has 8 aromatic rings. The maximum Gasteiger partial charge on any atom is 0.0725 e. The van der Waals surface area contributed by atoms with Gasteiger partial charge in [-0.2, -0.15) is 0 Å². The number of hydrogen-bond acceptors (Lipinski definition) is 0. The Morgan fingerprint density at radius 2 is 0.776 bits per heavy atom. The number of hydrogen-bond donors (Lipinski definition) is 0. The lowest BCUT2D eigenvalue weighted by atomic mass is 9.64. The molecule has 0 saturated heterocycles. The van der Waals surface area contributed by atoms with Crippen molar-refractivity contribution in [3.8, 4) is 44.5 Å². The first kappa shape index (κ1) is 28.1. The smallest absolute Gasteiger partial charge is 0.0725 e. The van der Waals surface area contributed by atoms with Gasteiger partial charge in [0.25, 0.3) is 0 Å². The third-order valence-corrected chi connectivity index (χ3v) is 11.2. The van der Waals surface area contributed by atoms with Gasteiger partial charge in [-0.3, -0.25) is 0 Å². The SMILES string of the molecule is CC=Cc1c(C)c2ccccc2c2cc3c(cc12)-c1ccccc1-c1ccccc1-c1ccccc1C31c2ccccc2-c2ccccc21. The van der Waals surface area contributed by atoms with E-state index < -0.39 is 5.41 Å². The van der Waals surface area contributed by atoms with E-state index in [0.29, 0.717) is 0 Å². The van der Waals surface area contributed by atoms with Crippen LogP contribution in [0.25, 0.3) is 72.1 Å². The van der Waals surface area contributed by atoms with Gasteiger partial charge in [-0.25, -0.2) is 0 Å². The molecule has 230 valence electrons. The molecule has 0 aromatic heterocycles. The molecule has 0 aliphatic heterocycles. The van der Waals surface area contributed by atoms with Crippen LogP contribution in [0.2, 0.25) is 0 Å². The third kappa shape index (κ3) is 3.69. The van der Waals surface area contributed by atoms with Crippen LogP contribution < -0.4 is 0 Å². The number of benzene rings is 8. The molecule has 0 nitrogen and oxygen atoms in total. The highest BCUT2D eigenvalue weighted by Crippen LogP contribution is 2.61. The van der Waals surface area contributed by atoms with Crippen molar-refractivity contribution in [3.05, 3.63) is 197 Å². The van der Waals surface area contributed by atoms with Gasteiger partial charge >= 0.3 is 0 Å². The second-order valence-corrected chi connectivity index (χ2v) is 13.5. The molecule has 0 amide bonds. The Morgan fingerprint density at radius 1 is 0.367 bits per heavy atom. The second kappa shape index (κ2) is 10.5. The average Bonchev–Trinajstić information content (AvgIpc) is 3.48. The van der Waals surface area contributed by atoms with Gasteiger partial charge in [0.1, 0.15) is 0 Å². The first-order valence-electron chi connectivity index (χ1n) is 17.3. The van der Waals surface area contributed by atoms with Crippen LogP contribution in [0.5, 0.6) is 0 Å². The lowest BCUT2D eigenvalue weighted by molar-refractivity contribution is 0.774. The first-order valence-corrected chi connectivity index (χ1v) is 17.3. The highest BCUT2D eigenvalue weighted by molar-refractivity contribution is 6.15. The van der Waals surface area contributed by atoms with Crippen molar-refractivity contribution < 1.29 is 0 Å². The number of fused-ring (bicyclic) bond motifs is 17. The molecule has 1 spiro atoms. The van der Waals surface area contributed by atoms with Gasteiger partial charge in [0.2, 0.25) is 0 Å². The maximum absolute atomic E-state index is 2.57. The van der Waals surface area contributed by atoms with Gasteiger partial charge in [-0.15, -0.1) is 0 Å². The van der Waals surface area contributed by atoms with E-state index >= 15 is 0 Å². The molecule has 8 aromatic carbocycles. The van der Waals surface area contributed by atoms with Gasteiger partial charge in [-0.1, -0.05) is 158 Å². The largest absolute Gasteiger partial charge is 0.0870 e. The van der Waals surface area contributed by atoms with Crippen LogP contribution >= 0.6 is 0 Å². The van der Waals surface area contributed by atoms with E-state index in [-0.39, 0.29) is 0 Å². The van der Waals surface area contributed by atoms with Gasteiger partial charge in [0, 0.05) is 0 Å². The van der Waals surface area contributed by atoms with Gasteiger partial charge < -0.3 is 0 Å². The Bertz CT molecular complexity index is 2640. The number of aryl methyl sites for hydroxylation is 1. The monoisotopic (exact) mass is 622 g/mol. The number of allylic oxidation sites excluding steroid dienone is 1. The van der Waals surface area contributed by atoms with Crippen molar-refractivity contribution in [2.45, 2.75) is 19.3 Å². The molecule has 0 N–H and O–H groups in total. The van der Waals surface area contributed by atoms with Gasteiger partial charge in [0.05, 0.1) is 5.41 Å². The molecule has 0 atom stereocenters. The number of rotatable bonds is 1. The molecule has 0 heteroatoms. The zero-order valence-corrected chi connectivity index (χ0v) is 27.7. The Morgan fingerprint density at radius 3 is 1.31 bits per heavy atom. The first-order chi connectivity index (χ1) is 24.2. The summed E-state index contributed by atoms with van der Waals surface area (Å²) in [6, 6.07) is 59.6. The fourth-order valence-electron chi connectivity index (χ4n) is 9.26. The van der Waals surface area contributed by atoms with Gasteiger partial charge in [-0.05, 0) is 125 Å². The third-order valence-electron chi connectivity index (χ3n) is 11.2. The highest BCUT2D eigenvalue weighted by Gasteiger charge is 2.49. The van der Waals surface area contributed by atoms with Crippen LogP contribution in [-0.2, 0) is 5.41 Å². The topological polar surface area (TPSA) is 0 Å². The maximum atomic E-state index is 2.57. The van der Waals surface area contributed by atoms with Gasteiger partial charge in [0.15, 0.2) is 0 Å².